The fourth-order valence-electron chi connectivity index (χ4n) is 3.41. The van der Waals surface area contributed by atoms with Gasteiger partial charge in [-0.25, -0.2) is 4.98 Å². The number of amides is 1. The minimum Gasteiger partial charge on any atom is -0.463 e. The molecular weight excluding hydrogens is 400 g/mol. The number of nitrogens with zero attached hydrogens (tertiary/aromatic N) is 3. The number of Topliss-reactive ketones (excluding diaryl/α,β-unsaturated/α-hetero) is 1. The molecule has 0 aliphatic carbocycles. The third kappa shape index (κ3) is 5.21. The molecule has 2 aromatic heterocycles. The number of aromatic nitrogens is 1. The minimum atomic E-state index is -0.0398. The van der Waals surface area contributed by atoms with Gasteiger partial charge in [0.1, 0.15) is 10.7 Å². The molecule has 1 N–H and O–H groups in total. The highest BCUT2D eigenvalue weighted by molar-refractivity contribution is 7.09. The maximum atomic E-state index is 12.3. The molecule has 1 aromatic carbocycles. The Bertz CT molecular complexity index is 990. The van der Waals surface area contributed by atoms with E-state index in [9.17, 15) is 9.59 Å². The van der Waals surface area contributed by atoms with Crippen LogP contribution in [0.3, 0.4) is 0 Å². The molecule has 1 aliphatic heterocycles. The molecule has 7 nitrogen and oxygen atoms in total. The standard InChI is InChI=1S/C22H24N4O3S/c1-16(27)17-4-6-18(7-5-17)23-21(28)13-25-8-10-26(11-9-25)14-22-24-19(15-30-22)20-3-2-12-29-20/h2-7,12,15H,8-11,13-14H2,1H3,(H,23,28). The Kier molecular flexibility index (Phi) is 6.37. The van der Waals surface area contributed by atoms with Crippen LogP contribution in [-0.4, -0.2) is 59.2 Å². The average Bonchev–Trinajstić information content (AvgIpc) is 3.42. The molecule has 4 rings (SSSR count). The SMILES string of the molecule is CC(=O)c1ccc(NC(=O)CN2CCN(Cc3nc(-c4ccco4)cs3)CC2)cc1. The highest BCUT2D eigenvalue weighted by Gasteiger charge is 2.20. The van der Waals surface area contributed by atoms with Crippen molar-refractivity contribution in [3.05, 3.63) is 58.6 Å². The number of anilines is 1. The number of hydrogen-bond acceptors (Lipinski definition) is 7. The Labute approximate surface area is 179 Å². The first kappa shape index (κ1) is 20.5. The number of furan rings is 1. The lowest BCUT2D eigenvalue weighted by Gasteiger charge is -2.33. The zero-order chi connectivity index (χ0) is 20.9. The monoisotopic (exact) mass is 424 g/mol. The van der Waals surface area contributed by atoms with E-state index in [4.69, 9.17) is 4.42 Å². The van der Waals surface area contributed by atoms with Crippen LogP contribution >= 0.6 is 11.3 Å². The molecule has 8 heteroatoms. The second-order valence-corrected chi connectivity index (χ2v) is 8.28. The summed E-state index contributed by atoms with van der Waals surface area (Å²) in [6.07, 6.45) is 1.66. The molecule has 3 heterocycles. The third-order valence-corrected chi connectivity index (χ3v) is 5.93. The lowest BCUT2D eigenvalue weighted by Crippen LogP contribution is -2.48. The van der Waals surface area contributed by atoms with E-state index in [1.54, 1.807) is 41.9 Å². The molecule has 0 unspecified atom stereocenters. The number of hydrogen-bond donors (Lipinski definition) is 1. The normalized spacial score (nSPS) is 15.2. The predicted molar refractivity (Wildman–Crippen MR) is 117 cm³/mol. The average molecular weight is 425 g/mol. The van der Waals surface area contributed by atoms with Gasteiger partial charge in [0.25, 0.3) is 0 Å². The van der Waals surface area contributed by atoms with Gasteiger partial charge >= 0.3 is 0 Å². The Morgan fingerprint density at radius 2 is 1.83 bits per heavy atom. The van der Waals surface area contributed by atoms with Crippen LogP contribution in [0.25, 0.3) is 11.5 Å². The Morgan fingerprint density at radius 3 is 2.50 bits per heavy atom. The van der Waals surface area contributed by atoms with Crippen molar-refractivity contribution in [1.29, 1.82) is 0 Å². The second-order valence-electron chi connectivity index (χ2n) is 7.34. The molecule has 0 saturated carbocycles. The van der Waals surface area contributed by atoms with Gasteiger partial charge in [-0.05, 0) is 43.3 Å². The zero-order valence-corrected chi connectivity index (χ0v) is 17.7. The van der Waals surface area contributed by atoms with Crippen LogP contribution in [0.15, 0.2) is 52.5 Å². The van der Waals surface area contributed by atoms with Crippen molar-refractivity contribution in [3.8, 4) is 11.5 Å². The summed E-state index contributed by atoms with van der Waals surface area (Å²) in [5, 5.41) is 6.00. The van der Waals surface area contributed by atoms with Crippen LogP contribution in [0, 0.1) is 0 Å². The number of benzene rings is 1. The quantitative estimate of drug-likeness (QED) is 0.586. The molecule has 1 aliphatic rings. The molecule has 0 atom stereocenters. The van der Waals surface area contributed by atoms with Crippen LogP contribution in [0.5, 0.6) is 0 Å². The predicted octanol–water partition coefficient (Wildman–Crippen LogP) is 3.36. The largest absolute Gasteiger partial charge is 0.463 e. The smallest absolute Gasteiger partial charge is 0.238 e. The number of thiazole rings is 1. The molecule has 0 bridgehead atoms. The summed E-state index contributed by atoms with van der Waals surface area (Å²) >= 11 is 1.65. The van der Waals surface area contributed by atoms with Gasteiger partial charge in [0.05, 0.1) is 19.4 Å². The molecule has 156 valence electrons. The number of rotatable bonds is 7. The maximum absolute atomic E-state index is 12.3. The van der Waals surface area contributed by atoms with E-state index in [0.29, 0.717) is 17.8 Å². The fourth-order valence-corrected chi connectivity index (χ4v) is 4.23. The van der Waals surface area contributed by atoms with Gasteiger partial charge in [0.2, 0.25) is 5.91 Å². The third-order valence-electron chi connectivity index (χ3n) is 5.09. The first-order valence-electron chi connectivity index (χ1n) is 9.90. The van der Waals surface area contributed by atoms with E-state index >= 15 is 0 Å². The van der Waals surface area contributed by atoms with E-state index in [1.165, 1.54) is 6.92 Å². The fraction of sp³-hybridized carbons (Fsp3) is 0.318. The number of carbonyl (C=O) groups excluding carboxylic acids is 2. The molecule has 1 saturated heterocycles. The summed E-state index contributed by atoms with van der Waals surface area (Å²) < 4.78 is 5.40. The first-order valence-corrected chi connectivity index (χ1v) is 10.8. The van der Waals surface area contributed by atoms with Crippen LogP contribution in [0.1, 0.15) is 22.3 Å². The van der Waals surface area contributed by atoms with E-state index in [-0.39, 0.29) is 11.7 Å². The van der Waals surface area contributed by atoms with Gasteiger partial charge < -0.3 is 9.73 Å². The molecule has 30 heavy (non-hydrogen) atoms. The number of ketones is 1. The summed E-state index contributed by atoms with van der Waals surface area (Å²) in [7, 11) is 0. The van der Waals surface area contributed by atoms with Crippen LogP contribution in [0.2, 0.25) is 0 Å². The van der Waals surface area contributed by atoms with Gasteiger partial charge in [0.15, 0.2) is 11.5 Å². The molecule has 1 fully saturated rings. The lowest BCUT2D eigenvalue weighted by atomic mass is 10.1. The van der Waals surface area contributed by atoms with Gasteiger partial charge in [-0.2, -0.15) is 0 Å². The van der Waals surface area contributed by atoms with Gasteiger partial charge in [0, 0.05) is 42.8 Å². The van der Waals surface area contributed by atoms with E-state index in [2.05, 4.69) is 20.1 Å². The maximum Gasteiger partial charge on any atom is 0.238 e. The summed E-state index contributed by atoms with van der Waals surface area (Å²) in [5.74, 6) is 0.770. The summed E-state index contributed by atoms with van der Waals surface area (Å²) in [4.78, 5) is 32.9. The Hall–Kier alpha value is -2.81. The van der Waals surface area contributed by atoms with Crippen LogP contribution in [-0.2, 0) is 11.3 Å². The van der Waals surface area contributed by atoms with Gasteiger partial charge in [-0.1, -0.05) is 0 Å². The van der Waals surface area contributed by atoms with Crippen molar-refractivity contribution in [2.24, 2.45) is 0 Å². The van der Waals surface area contributed by atoms with Crippen molar-refractivity contribution in [3.63, 3.8) is 0 Å². The van der Waals surface area contributed by atoms with Crippen molar-refractivity contribution in [2.45, 2.75) is 13.5 Å². The summed E-state index contributed by atoms with van der Waals surface area (Å²) in [6.45, 7) is 6.18. The highest BCUT2D eigenvalue weighted by atomic mass is 32.1. The molecule has 0 radical (unpaired) electrons. The summed E-state index contributed by atoms with van der Waals surface area (Å²) in [6, 6.07) is 10.8. The number of carbonyl (C=O) groups is 2. The van der Waals surface area contributed by atoms with Crippen molar-refractivity contribution in [1.82, 2.24) is 14.8 Å². The topological polar surface area (TPSA) is 78.7 Å². The first-order chi connectivity index (χ1) is 14.6. The van der Waals surface area contributed by atoms with Crippen LogP contribution in [0.4, 0.5) is 5.69 Å². The van der Waals surface area contributed by atoms with Crippen molar-refractivity contribution in [2.75, 3.05) is 38.0 Å². The number of nitrogens with one attached hydrogen (secondary N) is 1. The van der Waals surface area contributed by atoms with Gasteiger partial charge in [-0.3, -0.25) is 19.4 Å². The van der Waals surface area contributed by atoms with Gasteiger partial charge in [-0.15, -0.1) is 11.3 Å². The Morgan fingerprint density at radius 1 is 1.10 bits per heavy atom. The highest BCUT2D eigenvalue weighted by Crippen LogP contribution is 2.23. The zero-order valence-electron chi connectivity index (χ0n) is 16.8. The van der Waals surface area contributed by atoms with E-state index in [0.717, 1.165) is 49.2 Å². The second kappa shape index (κ2) is 9.34. The summed E-state index contributed by atoms with van der Waals surface area (Å²) in [5.41, 5.74) is 2.23. The van der Waals surface area contributed by atoms with Crippen molar-refractivity contribution < 1.29 is 14.0 Å². The minimum absolute atomic E-state index is 0.0145. The molecule has 0 spiro atoms. The molecule has 1 amide bonds. The number of piperazine rings is 1. The Balaban J connectivity index is 1.21. The molecule has 3 aromatic rings. The van der Waals surface area contributed by atoms with Crippen LogP contribution < -0.4 is 5.32 Å². The van der Waals surface area contributed by atoms with Crippen molar-refractivity contribution >= 4 is 28.7 Å². The lowest BCUT2D eigenvalue weighted by molar-refractivity contribution is -0.117. The van der Waals surface area contributed by atoms with E-state index in [1.807, 2.05) is 17.5 Å². The van der Waals surface area contributed by atoms with E-state index < -0.39 is 0 Å². The molecular formula is C22H24N4O3S.